The Morgan fingerprint density at radius 1 is 1.35 bits per heavy atom. The number of aliphatic hydroxyl groups is 1. The molecule has 0 aromatic heterocycles. The van der Waals surface area contributed by atoms with Gasteiger partial charge in [-0.3, -0.25) is 4.79 Å². The predicted octanol–water partition coefficient (Wildman–Crippen LogP) is 2.32. The SMILES string of the molecule is CCC(C)c1ccccc1OCC(=O)NCC(C)CO. The van der Waals surface area contributed by atoms with E-state index < -0.39 is 0 Å². The third-order valence-electron chi connectivity index (χ3n) is 3.38. The second-order valence-corrected chi connectivity index (χ2v) is 5.23. The van der Waals surface area contributed by atoms with Crippen molar-refractivity contribution in [3.63, 3.8) is 0 Å². The number of hydrogen-bond acceptors (Lipinski definition) is 3. The number of carbonyl (C=O) groups excluding carboxylic acids is 1. The van der Waals surface area contributed by atoms with E-state index in [4.69, 9.17) is 9.84 Å². The van der Waals surface area contributed by atoms with E-state index in [2.05, 4.69) is 19.2 Å². The van der Waals surface area contributed by atoms with Crippen molar-refractivity contribution in [3.8, 4) is 5.75 Å². The van der Waals surface area contributed by atoms with Gasteiger partial charge in [0.2, 0.25) is 0 Å². The van der Waals surface area contributed by atoms with Crippen LogP contribution in [0.15, 0.2) is 24.3 Å². The third kappa shape index (κ3) is 5.21. The van der Waals surface area contributed by atoms with Crippen molar-refractivity contribution in [1.29, 1.82) is 0 Å². The van der Waals surface area contributed by atoms with Crippen LogP contribution in [0.3, 0.4) is 0 Å². The molecular weight excluding hydrogens is 254 g/mol. The number of amides is 1. The summed E-state index contributed by atoms with van der Waals surface area (Å²) in [4.78, 5) is 11.7. The molecule has 0 aliphatic heterocycles. The number of nitrogens with one attached hydrogen (secondary N) is 1. The molecule has 0 aliphatic rings. The van der Waals surface area contributed by atoms with Gasteiger partial charge >= 0.3 is 0 Å². The summed E-state index contributed by atoms with van der Waals surface area (Å²) in [5.41, 5.74) is 1.13. The Morgan fingerprint density at radius 3 is 2.70 bits per heavy atom. The zero-order chi connectivity index (χ0) is 15.0. The molecule has 1 aromatic rings. The van der Waals surface area contributed by atoms with E-state index in [-0.39, 0.29) is 25.0 Å². The van der Waals surface area contributed by atoms with Crippen LogP contribution < -0.4 is 10.1 Å². The number of rotatable bonds is 8. The lowest BCUT2D eigenvalue weighted by Crippen LogP contribution is -2.33. The highest BCUT2D eigenvalue weighted by Crippen LogP contribution is 2.28. The monoisotopic (exact) mass is 279 g/mol. The summed E-state index contributed by atoms with van der Waals surface area (Å²) in [5.74, 6) is 1.08. The van der Waals surface area contributed by atoms with Gasteiger partial charge in [0.1, 0.15) is 5.75 Å². The highest BCUT2D eigenvalue weighted by molar-refractivity contribution is 5.77. The molecule has 4 nitrogen and oxygen atoms in total. The lowest BCUT2D eigenvalue weighted by Gasteiger charge is -2.16. The molecule has 2 N–H and O–H groups in total. The summed E-state index contributed by atoms with van der Waals surface area (Å²) < 4.78 is 5.61. The fourth-order valence-electron chi connectivity index (χ4n) is 1.79. The Kier molecular flexibility index (Phi) is 7.09. The normalized spacial score (nSPS) is 13.6. The molecule has 0 bridgehead atoms. The molecule has 0 fully saturated rings. The average molecular weight is 279 g/mol. The van der Waals surface area contributed by atoms with Gasteiger partial charge in [-0.05, 0) is 29.9 Å². The van der Waals surface area contributed by atoms with E-state index in [1.807, 2.05) is 31.2 Å². The van der Waals surface area contributed by atoms with Crippen LogP contribution >= 0.6 is 0 Å². The standard InChI is InChI=1S/C16H25NO3/c1-4-13(3)14-7-5-6-8-15(14)20-11-16(19)17-9-12(2)10-18/h5-8,12-13,18H,4,9-11H2,1-3H3,(H,17,19). The molecule has 2 atom stereocenters. The first-order chi connectivity index (χ1) is 9.58. The molecule has 0 spiro atoms. The van der Waals surface area contributed by atoms with E-state index >= 15 is 0 Å². The Labute approximate surface area is 121 Å². The highest BCUT2D eigenvalue weighted by Gasteiger charge is 2.11. The molecule has 0 saturated carbocycles. The van der Waals surface area contributed by atoms with Crippen LogP contribution in [0.5, 0.6) is 5.75 Å². The molecule has 112 valence electrons. The van der Waals surface area contributed by atoms with Crippen LogP contribution in [0.2, 0.25) is 0 Å². The fourth-order valence-corrected chi connectivity index (χ4v) is 1.79. The van der Waals surface area contributed by atoms with Gasteiger partial charge in [0.05, 0.1) is 0 Å². The van der Waals surface area contributed by atoms with Gasteiger partial charge in [0.25, 0.3) is 5.91 Å². The van der Waals surface area contributed by atoms with Crippen molar-refractivity contribution >= 4 is 5.91 Å². The van der Waals surface area contributed by atoms with E-state index in [0.29, 0.717) is 12.5 Å². The zero-order valence-corrected chi connectivity index (χ0v) is 12.6. The first-order valence-electron chi connectivity index (χ1n) is 7.17. The average Bonchev–Trinajstić information content (AvgIpc) is 2.49. The van der Waals surface area contributed by atoms with E-state index in [1.165, 1.54) is 0 Å². The largest absolute Gasteiger partial charge is 0.483 e. The van der Waals surface area contributed by atoms with Crippen molar-refractivity contribution in [3.05, 3.63) is 29.8 Å². The Morgan fingerprint density at radius 2 is 2.05 bits per heavy atom. The molecule has 20 heavy (non-hydrogen) atoms. The van der Waals surface area contributed by atoms with Gasteiger partial charge in [-0.1, -0.05) is 39.0 Å². The summed E-state index contributed by atoms with van der Waals surface area (Å²) in [6.45, 7) is 6.68. The van der Waals surface area contributed by atoms with E-state index in [0.717, 1.165) is 17.7 Å². The maximum absolute atomic E-state index is 11.7. The first kappa shape index (κ1) is 16.5. The smallest absolute Gasteiger partial charge is 0.257 e. The summed E-state index contributed by atoms with van der Waals surface area (Å²) in [6, 6.07) is 7.82. The lowest BCUT2D eigenvalue weighted by atomic mass is 9.98. The summed E-state index contributed by atoms with van der Waals surface area (Å²) in [5, 5.41) is 11.6. The molecule has 4 heteroatoms. The number of aliphatic hydroxyl groups excluding tert-OH is 1. The van der Waals surface area contributed by atoms with Gasteiger partial charge in [0.15, 0.2) is 6.61 Å². The van der Waals surface area contributed by atoms with Crippen molar-refractivity contribution in [1.82, 2.24) is 5.32 Å². The Balaban J connectivity index is 2.51. The van der Waals surface area contributed by atoms with Crippen molar-refractivity contribution in [2.45, 2.75) is 33.1 Å². The number of ether oxygens (including phenoxy) is 1. The summed E-state index contributed by atoms with van der Waals surface area (Å²) in [7, 11) is 0. The maximum atomic E-state index is 11.7. The van der Waals surface area contributed by atoms with Gasteiger partial charge in [-0.15, -0.1) is 0 Å². The zero-order valence-electron chi connectivity index (χ0n) is 12.6. The first-order valence-corrected chi connectivity index (χ1v) is 7.17. The van der Waals surface area contributed by atoms with Gasteiger partial charge in [0, 0.05) is 13.2 Å². The second kappa shape index (κ2) is 8.59. The van der Waals surface area contributed by atoms with Crippen molar-refractivity contribution in [2.24, 2.45) is 5.92 Å². The maximum Gasteiger partial charge on any atom is 0.257 e. The minimum atomic E-state index is -0.163. The number of para-hydroxylation sites is 1. The van der Waals surface area contributed by atoms with Crippen LogP contribution in [0, 0.1) is 5.92 Å². The quantitative estimate of drug-likeness (QED) is 0.768. The van der Waals surface area contributed by atoms with Gasteiger partial charge in [-0.25, -0.2) is 0 Å². The molecule has 1 amide bonds. The molecule has 1 aromatic carbocycles. The summed E-state index contributed by atoms with van der Waals surface area (Å²) in [6.07, 6.45) is 1.03. The molecule has 0 aliphatic carbocycles. The fraction of sp³-hybridized carbons (Fsp3) is 0.562. The molecule has 2 unspecified atom stereocenters. The summed E-state index contributed by atoms with van der Waals surface area (Å²) >= 11 is 0. The molecule has 0 radical (unpaired) electrons. The lowest BCUT2D eigenvalue weighted by molar-refractivity contribution is -0.123. The number of benzene rings is 1. The topological polar surface area (TPSA) is 58.6 Å². The second-order valence-electron chi connectivity index (χ2n) is 5.23. The van der Waals surface area contributed by atoms with Gasteiger partial charge < -0.3 is 15.2 Å². The molecule has 0 saturated heterocycles. The molecule has 1 rings (SSSR count). The minimum Gasteiger partial charge on any atom is -0.483 e. The molecule has 0 heterocycles. The Bertz CT molecular complexity index is 420. The van der Waals surface area contributed by atoms with Crippen LogP contribution in [-0.2, 0) is 4.79 Å². The molecular formula is C16H25NO3. The van der Waals surface area contributed by atoms with Gasteiger partial charge in [-0.2, -0.15) is 0 Å². The highest BCUT2D eigenvalue weighted by atomic mass is 16.5. The van der Waals surface area contributed by atoms with Crippen LogP contribution in [0.4, 0.5) is 0 Å². The van der Waals surface area contributed by atoms with E-state index in [1.54, 1.807) is 0 Å². The van der Waals surface area contributed by atoms with Crippen molar-refractivity contribution in [2.75, 3.05) is 19.8 Å². The van der Waals surface area contributed by atoms with Crippen molar-refractivity contribution < 1.29 is 14.6 Å². The van der Waals surface area contributed by atoms with Crippen LogP contribution in [-0.4, -0.2) is 30.8 Å². The third-order valence-corrected chi connectivity index (χ3v) is 3.38. The number of carbonyl (C=O) groups is 1. The van der Waals surface area contributed by atoms with E-state index in [9.17, 15) is 4.79 Å². The predicted molar refractivity (Wildman–Crippen MR) is 79.9 cm³/mol. The Hall–Kier alpha value is -1.55. The minimum absolute atomic E-state index is 0.00555. The van der Waals surface area contributed by atoms with Crippen LogP contribution in [0.25, 0.3) is 0 Å². The van der Waals surface area contributed by atoms with Crippen LogP contribution in [0.1, 0.15) is 38.7 Å². The number of hydrogen-bond donors (Lipinski definition) is 2.